The molecule has 41 nitrogen and oxygen atoms in total. The number of carbonyl (C=O) groups excluding carboxylic acids is 8. The van der Waals surface area contributed by atoms with Gasteiger partial charge in [0.1, 0.15) is 97.7 Å². The first-order valence-corrected chi connectivity index (χ1v) is 36.8. The van der Waals surface area contributed by atoms with Crippen LogP contribution in [0.25, 0.3) is 0 Å². The number of rotatable bonds is 41. The monoisotopic (exact) mass is 1540 g/mol. The number of cyclic esters (lactones) is 2. The van der Waals surface area contributed by atoms with Crippen molar-refractivity contribution in [2.24, 2.45) is 0 Å². The average Bonchev–Trinajstić information content (AvgIpc) is 1.64. The maximum Gasteiger partial charge on any atom is 0.407 e. The number of carbonyl (C=O) groups is 8. The van der Waals surface area contributed by atoms with Gasteiger partial charge in [-0.1, -0.05) is 29.7 Å². The third kappa shape index (κ3) is 24.9. The van der Waals surface area contributed by atoms with Crippen LogP contribution >= 0.6 is 11.8 Å². The van der Waals surface area contributed by atoms with Crippen LogP contribution in [-0.4, -0.2) is 306 Å². The number of hydrogen-bond donors (Lipinski definition) is 17. The minimum absolute atomic E-state index is 0.0338. The molecule has 596 valence electrons. The Bertz CT molecular complexity index is 3380. The molecule has 0 radical (unpaired) electrons. The highest BCUT2D eigenvalue weighted by Gasteiger charge is 2.51. The molecule has 0 bridgehead atoms. The van der Waals surface area contributed by atoms with Crippen molar-refractivity contribution in [1.29, 1.82) is 0 Å². The molecular weight excluding hydrogens is 1440 g/mol. The zero-order chi connectivity index (χ0) is 76.5. The van der Waals surface area contributed by atoms with E-state index in [4.69, 9.17) is 47.4 Å². The van der Waals surface area contributed by atoms with E-state index in [-0.39, 0.29) is 104 Å². The van der Waals surface area contributed by atoms with Gasteiger partial charge >= 0.3 is 18.2 Å². The predicted octanol–water partition coefficient (Wildman–Crippen LogP) is -4.30. The molecule has 0 saturated carbocycles. The lowest BCUT2D eigenvalue weighted by Crippen LogP contribution is -2.67. The van der Waals surface area contributed by atoms with Crippen molar-refractivity contribution in [3.8, 4) is 0 Å². The third-order valence-corrected chi connectivity index (χ3v) is 19.9. The van der Waals surface area contributed by atoms with Crippen LogP contribution in [0.2, 0.25) is 0 Å². The van der Waals surface area contributed by atoms with Crippen LogP contribution in [0.15, 0.2) is 30.6 Å². The Balaban J connectivity index is 0.724. The Morgan fingerprint density at radius 1 is 0.589 bits per heavy atom. The Kier molecular flexibility index (Phi) is 32.6. The van der Waals surface area contributed by atoms with Gasteiger partial charge in [-0.15, -0.1) is 10.2 Å². The number of alkyl carbamates (subject to hydrolysis) is 2. The zero-order valence-corrected chi connectivity index (χ0v) is 60.1. The fourth-order valence-corrected chi connectivity index (χ4v) is 14.1. The number of aryl methyl sites for hydroxylation is 2. The summed E-state index contributed by atoms with van der Waals surface area (Å²) in [7, 11) is 0. The number of anilines is 1. The number of unbranched alkanes of at least 4 members (excludes halogenated alkanes) is 6. The molecule has 6 fully saturated rings. The number of thioether (sulfide) groups is 1. The molecule has 1 aromatic carbocycles. The predicted molar refractivity (Wildman–Crippen MR) is 366 cm³/mol. The van der Waals surface area contributed by atoms with Gasteiger partial charge in [0.2, 0.25) is 17.7 Å². The second-order valence-electron chi connectivity index (χ2n) is 26.5. The fraction of sp³-hybridized carbons (Fsp3) is 0.723. The topological polar surface area (TPSA) is 560 Å². The van der Waals surface area contributed by atoms with Gasteiger partial charge in [-0.05, 0) is 63.1 Å². The van der Waals surface area contributed by atoms with Gasteiger partial charge in [0.05, 0.1) is 77.1 Å². The maximum atomic E-state index is 13.9. The van der Waals surface area contributed by atoms with E-state index in [0.717, 1.165) is 25.0 Å². The van der Waals surface area contributed by atoms with Crippen molar-refractivity contribution in [3.05, 3.63) is 53.1 Å². The van der Waals surface area contributed by atoms with Gasteiger partial charge in [0, 0.05) is 74.4 Å². The second kappa shape index (κ2) is 41.8. The van der Waals surface area contributed by atoms with Crippen molar-refractivity contribution >= 4 is 65.2 Å². The number of amides is 9. The number of ether oxygens (including phenoxy) is 10. The average molecular weight is 1540 g/mol. The third-order valence-electron chi connectivity index (χ3n) is 18.4. The SMILES string of the molecule is CC(=O)NC[C@H](OCCCCCCn1cc(CNC(=O)c2cc(NC(=O)CCCC[C@H]3SC[C@H]4NC(=O)N[C@H]43)cc(C(=O)NCc3cn(CCCCCO[C@@H](CNC(C)=O)OC(CO)[C@H]4COC(=O)NC5C(O)[C@@H](O)C(CO)O[C@@H]5O4)nn3)c2)nn1)OC(CO)[C@H]1COC(=O)NC2C(O)[C@@H](O)C(CO)O[C@@H]2O1. The van der Waals surface area contributed by atoms with Gasteiger partial charge in [-0.3, -0.25) is 33.3 Å². The highest BCUT2D eigenvalue weighted by atomic mass is 32.2. The molecule has 107 heavy (non-hydrogen) atoms. The van der Waals surface area contributed by atoms with Gasteiger partial charge in [-0.25, -0.2) is 14.4 Å². The Labute approximate surface area is 618 Å². The number of hydrogen-bond acceptors (Lipinski definition) is 31. The van der Waals surface area contributed by atoms with Crippen LogP contribution in [0.3, 0.4) is 0 Å². The van der Waals surface area contributed by atoms with Crippen molar-refractivity contribution in [3.63, 3.8) is 0 Å². The van der Waals surface area contributed by atoms with Crippen molar-refractivity contribution in [1.82, 2.24) is 72.5 Å². The Morgan fingerprint density at radius 2 is 1.07 bits per heavy atom. The summed E-state index contributed by atoms with van der Waals surface area (Å²) in [5, 5.41) is 124. The molecule has 0 aliphatic carbocycles. The van der Waals surface area contributed by atoms with Crippen LogP contribution in [0, 0.1) is 0 Å². The molecular formula is C65H99N15O26S. The summed E-state index contributed by atoms with van der Waals surface area (Å²) in [6, 6.07) is 1.66. The van der Waals surface area contributed by atoms with E-state index in [2.05, 4.69) is 68.5 Å². The van der Waals surface area contributed by atoms with Gasteiger partial charge in [0.25, 0.3) is 11.8 Å². The summed E-state index contributed by atoms with van der Waals surface area (Å²) in [4.78, 5) is 102. The van der Waals surface area contributed by atoms with Crippen LogP contribution in [0.5, 0.6) is 0 Å². The van der Waals surface area contributed by atoms with E-state index in [1.54, 1.807) is 33.5 Å². The summed E-state index contributed by atoms with van der Waals surface area (Å²) in [5.41, 5.74) is 1.20. The largest absolute Gasteiger partial charge is 0.447 e. The maximum absolute atomic E-state index is 13.9. The highest BCUT2D eigenvalue weighted by molar-refractivity contribution is 8.00. The second-order valence-corrected chi connectivity index (χ2v) is 27.8. The Hall–Kier alpha value is -7.63. The first-order valence-electron chi connectivity index (χ1n) is 35.7. The number of aliphatic hydroxyl groups is 8. The minimum Gasteiger partial charge on any atom is -0.447 e. The molecule has 42 heteroatoms. The van der Waals surface area contributed by atoms with Gasteiger partial charge < -0.3 is 136 Å². The van der Waals surface area contributed by atoms with Crippen molar-refractivity contribution < 1.29 is 127 Å². The molecule has 19 atom stereocenters. The lowest BCUT2D eigenvalue weighted by Gasteiger charge is -2.44. The van der Waals surface area contributed by atoms with E-state index in [0.29, 0.717) is 69.4 Å². The number of urea groups is 1. The minimum atomic E-state index is -1.61. The molecule has 8 unspecified atom stereocenters. The molecule has 8 heterocycles. The molecule has 17 N–H and O–H groups in total. The first kappa shape index (κ1) is 83.4. The fourth-order valence-electron chi connectivity index (χ4n) is 12.6. The lowest BCUT2D eigenvalue weighted by molar-refractivity contribution is -0.305. The summed E-state index contributed by atoms with van der Waals surface area (Å²) >= 11 is 1.78. The quantitative estimate of drug-likeness (QED) is 0.0145. The number of aliphatic hydroxyl groups excluding tert-OH is 8. The normalized spacial score (nSPS) is 27.4. The summed E-state index contributed by atoms with van der Waals surface area (Å²) in [6.45, 7) is -0.0557. The van der Waals surface area contributed by atoms with Crippen LogP contribution in [0.1, 0.15) is 117 Å². The lowest BCUT2D eigenvalue weighted by atomic mass is 9.97. The number of nitrogens with one attached hydrogen (secondary N) is 9. The highest BCUT2D eigenvalue weighted by Crippen LogP contribution is 2.34. The number of nitrogens with zero attached hydrogens (tertiary/aromatic N) is 6. The summed E-state index contributed by atoms with van der Waals surface area (Å²) in [5.74, 6) is -1.44. The molecule has 9 rings (SSSR count). The van der Waals surface area contributed by atoms with Gasteiger partial charge in [-0.2, -0.15) is 11.8 Å². The standard InChI is InChI=1S/C65H99N15O26S/c1-34(85)66-23-50(101-42(27-81)46-31-99-64(95)73-53-57(90)55(88)44(29-83)103-61(53)105-46)97-16-10-4-3-8-14-79-25-39(75-77-79)21-68-59(92)36-18-37(20-38(19-36)70-49(87)13-7-6-12-48-52-41(33-107-48)71-63(94)72-52)60(93)69-22-40-26-80(78-76-40)15-9-5-11-17-98-51(24-67-35(2)86)102-43(28-82)47-32-100-65(96)74-54-58(91)56(89)45(30-84)104-62(54)106-47/h18-20,25-26,41-48,50-58,61-62,81-84,88-91H,3-17,21-24,27-33H2,1-2H3,(H,66,85)(H,67,86)(H,68,92)(H,69,93)(H,70,87)(H,73,95)(H,74,96)(H2,71,72,94)/t41-,42?,43?,44?,45?,46-,47-,48-,50-,51-,52-,53?,54?,55+,56+,57?,58?,61-,62-/m1/s1. The Morgan fingerprint density at radius 3 is 1.55 bits per heavy atom. The molecule has 6 saturated heterocycles. The van der Waals surface area contributed by atoms with Crippen molar-refractivity contribution in [2.45, 2.75) is 226 Å². The van der Waals surface area contributed by atoms with Gasteiger partial charge in [0.15, 0.2) is 25.2 Å². The van der Waals surface area contributed by atoms with E-state index in [9.17, 15) is 79.2 Å². The smallest absolute Gasteiger partial charge is 0.407 e. The molecule has 0 spiro atoms. The van der Waals surface area contributed by atoms with Crippen molar-refractivity contribution in [2.75, 3.05) is 77.0 Å². The van der Waals surface area contributed by atoms with Crippen LogP contribution in [0.4, 0.5) is 20.1 Å². The first-order chi connectivity index (χ1) is 51.6. The molecule has 6 aliphatic heterocycles. The molecule has 2 aromatic heterocycles. The number of benzene rings is 1. The molecule has 6 aliphatic rings. The zero-order valence-electron chi connectivity index (χ0n) is 59.3. The number of aromatic nitrogens is 6. The van der Waals surface area contributed by atoms with Crippen LogP contribution < -0.4 is 47.9 Å². The van der Waals surface area contributed by atoms with E-state index in [1.165, 1.54) is 32.0 Å². The molecule has 9 amide bonds. The summed E-state index contributed by atoms with van der Waals surface area (Å²) < 4.78 is 60.9. The molecule has 3 aromatic rings. The van der Waals surface area contributed by atoms with E-state index < -0.39 is 162 Å². The summed E-state index contributed by atoms with van der Waals surface area (Å²) in [6.07, 6.45) is -10.6. The van der Waals surface area contributed by atoms with E-state index in [1.807, 2.05) is 0 Å². The number of fused-ring (bicyclic) bond motifs is 3. The van der Waals surface area contributed by atoms with Crippen LogP contribution in [-0.2, 0) is 87.9 Å². The van der Waals surface area contributed by atoms with E-state index >= 15 is 0 Å².